The van der Waals surface area contributed by atoms with Crippen molar-refractivity contribution in [2.24, 2.45) is 11.8 Å². The molecule has 0 bridgehead atoms. The molecule has 300 valence electrons. The van der Waals surface area contributed by atoms with Crippen LogP contribution in [0.3, 0.4) is 0 Å². The van der Waals surface area contributed by atoms with E-state index in [0.717, 1.165) is 36.1 Å². The number of imidazole rings is 2. The van der Waals surface area contributed by atoms with Crippen LogP contribution in [-0.2, 0) is 19.1 Å². The minimum Gasteiger partial charge on any atom is -0.453 e. The number of likely N-dealkylation sites (tertiary alicyclic amines) is 2. The molecular weight excluding hydrogens is 732 g/mol. The number of hydrogen-bond acceptors (Lipinski definition) is 8. The second kappa shape index (κ2) is 17.7. The van der Waals surface area contributed by atoms with Gasteiger partial charge in [-0.05, 0) is 73.4 Å². The van der Waals surface area contributed by atoms with E-state index in [4.69, 9.17) is 9.47 Å². The number of alkyl carbamates (subject to hydrolysis) is 2. The van der Waals surface area contributed by atoms with Crippen LogP contribution in [0.5, 0.6) is 0 Å². The molecule has 57 heavy (non-hydrogen) atoms. The van der Waals surface area contributed by atoms with Crippen LogP contribution in [0.2, 0.25) is 0 Å². The van der Waals surface area contributed by atoms with E-state index in [-0.39, 0.29) is 35.7 Å². The van der Waals surface area contributed by atoms with Crippen molar-refractivity contribution in [2.75, 3.05) is 27.3 Å². The quantitative estimate of drug-likeness (QED) is 0.140. The SMILES string of the molecule is COC(=O)NC(C(=O)N1CCCC1c1ncc(-c2ccc(C#Cc3ccc(-c4cnc(C5CCCN5C(=O)C(NC(=O)OC)C(C)C)[nH]4)c(F)c3)cc2)[nH]1)C(C)C. The van der Waals surface area contributed by atoms with Gasteiger partial charge in [0.05, 0.1) is 50.1 Å². The lowest BCUT2D eigenvalue weighted by Crippen LogP contribution is -2.51. The lowest BCUT2D eigenvalue weighted by Gasteiger charge is -2.30. The van der Waals surface area contributed by atoms with Crippen molar-refractivity contribution >= 4 is 24.0 Å². The average molecular weight is 781 g/mol. The van der Waals surface area contributed by atoms with E-state index in [1.807, 2.05) is 52.0 Å². The monoisotopic (exact) mass is 780 g/mol. The van der Waals surface area contributed by atoms with Crippen molar-refractivity contribution in [3.05, 3.63) is 83.5 Å². The summed E-state index contributed by atoms with van der Waals surface area (Å²) in [5.74, 6) is 6.24. The van der Waals surface area contributed by atoms with E-state index in [9.17, 15) is 19.2 Å². The molecule has 4 unspecified atom stereocenters. The number of benzene rings is 2. The number of hydrogen-bond donors (Lipinski definition) is 4. The molecule has 0 saturated carbocycles. The van der Waals surface area contributed by atoms with Gasteiger partial charge >= 0.3 is 12.2 Å². The van der Waals surface area contributed by atoms with Crippen molar-refractivity contribution in [3.63, 3.8) is 0 Å². The number of halogens is 1. The van der Waals surface area contributed by atoms with Gasteiger partial charge in [-0.1, -0.05) is 51.7 Å². The Labute approximate surface area is 331 Å². The Bertz CT molecular complexity index is 2150. The zero-order valence-corrected chi connectivity index (χ0v) is 33.0. The Balaban J connectivity index is 1.10. The number of carbonyl (C=O) groups is 4. The first kappa shape index (κ1) is 40.5. The highest BCUT2D eigenvalue weighted by molar-refractivity contribution is 5.87. The summed E-state index contributed by atoms with van der Waals surface area (Å²) in [5.41, 5.74) is 3.73. The van der Waals surface area contributed by atoms with Crippen LogP contribution >= 0.6 is 0 Å². The number of aromatic nitrogens is 4. The van der Waals surface area contributed by atoms with Gasteiger partial charge in [0.25, 0.3) is 0 Å². The molecule has 2 aliphatic heterocycles. The number of carbonyl (C=O) groups excluding carboxylic acids is 4. The number of methoxy groups -OCH3 is 2. The molecule has 4 atom stereocenters. The number of nitrogens with one attached hydrogen (secondary N) is 4. The van der Waals surface area contributed by atoms with Gasteiger partial charge in [0, 0.05) is 29.8 Å². The minimum absolute atomic E-state index is 0.126. The third-order valence-corrected chi connectivity index (χ3v) is 10.5. The maximum Gasteiger partial charge on any atom is 0.407 e. The number of aromatic amines is 2. The van der Waals surface area contributed by atoms with E-state index in [2.05, 4.69) is 42.4 Å². The van der Waals surface area contributed by atoms with Crippen molar-refractivity contribution in [2.45, 2.75) is 77.5 Å². The highest BCUT2D eigenvalue weighted by atomic mass is 19.1. The number of ether oxygens (including phenoxy) is 2. The molecule has 6 rings (SSSR count). The van der Waals surface area contributed by atoms with Gasteiger partial charge in [-0.3, -0.25) is 9.59 Å². The predicted octanol–water partition coefficient (Wildman–Crippen LogP) is 6.09. The van der Waals surface area contributed by atoms with Gasteiger partial charge in [-0.2, -0.15) is 0 Å². The first-order valence-electron chi connectivity index (χ1n) is 19.2. The van der Waals surface area contributed by atoms with Gasteiger partial charge in [0.2, 0.25) is 11.8 Å². The largest absolute Gasteiger partial charge is 0.453 e. The molecule has 2 aromatic carbocycles. The molecule has 0 radical (unpaired) electrons. The summed E-state index contributed by atoms with van der Waals surface area (Å²) in [6, 6.07) is 10.3. The van der Waals surface area contributed by atoms with Crippen molar-refractivity contribution in [1.29, 1.82) is 0 Å². The van der Waals surface area contributed by atoms with Crippen LogP contribution in [0, 0.1) is 29.5 Å². The van der Waals surface area contributed by atoms with Gasteiger partial charge in [0.1, 0.15) is 29.5 Å². The van der Waals surface area contributed by atoms with Crippen molar-refractivity contribution in [3.8, 4) is 34.4 Å². The zero-order valence-electron chi connectivity index (χ0n) is 33.0. The second-order valence-corrected chi connectivity index (χ2v) is 15.0. The molecule has 4 heterocycles. The molecule has 2 fully saturated rings. The van der Waals surface area contributed by atoms with Gasteiger partial charge in [-0.25, -0.2) is 23.9 Å². The van der Waals surface area contributed by atoms with E-state index in [1.54, 1.807) is 34.3 Å². The van der Waals surface area contributed by atoms with Crippen molar-refractivity contribution < 1.29 is 33.0 Å². The first-order valence-corrected chi connectivity index (χ1v) is 19.2. The molecule has 15 heteroatoms. The molecule has 14 nitrogen and oxygen atoms in total. The smallest absolute Gasteiger partial charge is 0.407 e. The normalized spacial score (nSPS) is 17.6. The Hall–Kier alpha value is -6.17. The summed E-state index contributed by atoms with van der Waals surface area (Å²) < 4.78 is 24.9. The minimum atomic E-state index is -0.752. The van der Waals surface area contributed by atoms with Gasteiger partial charge in [-0.15, -0.1) is 0 Å². The van der Waals surface area contributed by atoms with Crippen LogP contribution in [-0.4, -0.2) is 93.1 Å². The van der Waals surface area contributed by atoms with E-state index >= 15 is 4.39 Å². The average Bonchev–Trinajstić information content (AvgIpc) is 4.04. The fourth-order valence-electron chi connectivity index (χ4n) is 7.37. The standard InChI is InChI=1S/C42H49FN8O6/c1-24(2)35(48-41(54)56-5)39(52)50-19-7-9-33(50)37-44-22-31(46-37)28-16-13-26(14-17-28)11-12-27-15-18-29(30(43)21-27)32-23-45-38(47-32)34-10-8-20-51(34)40(53)36(25(3)4)49-42(55)57-6/h13-18,21-25,33-36H,7-10,19-20H2,1-6H3,(H,44,46)(H,45,47)(H,48,54)(H,49,55). The third kappa shape index (κ3) is 9.12. The lowest BCUT2D eigenvalue weighted by atomic mass is 10.0. The molecule has 2 aromatic heterocycles. The molecule has 4 aromatic rings. The van der Waals surface area contributed by atoms with Crippen LogP contribution in [0.25, 0.3) is 22.5 Å². The number of rotatable bonds is 10. The van der Waals surface area contributed by atoms with Crippen LogP contribution in [0.1, 0.15) is 88.2 Å². The van der Waals surface area contributed by atoms with E-state index < -0.39 is 30.1 Å². The summed E-state index contributed by atoms with van der Waals surface area (Å²) in [6.07, 6.45) is 5.02. The van der Waals surface area contributed by atoms with Crippen molar-refractivity contribution in [1.82, 2.24) is 40.4 Å². The Morgan fingerprint density at radius 1 is 0.737 bits per heavy atom. The van der Waals surface area contributed by atoms with E-state index in [0.29, 0.717) is 48.0 Å². The van der Waals surface area contributed by atoms with Crippen LogP contribution in [0.15, 0.2) is 54.9 Å². The Morgan fingerprint density at radius 2 is 1.21 bits per heavy atom. The zero-order chi connectivity index (χ0) is 40.8. The fourth-order valence-corrected chi connectivity index (χ4v) is 7.37. The summed E-state index contributed by atoms with van der Waals surface area (Å²) in [7, 11) is 2.53. The molecule has 0 spiro atoms. The predicted molar refractivity (Wildman–Crippen MR) is 210 cm³/mol. The molecule has 2 aliphatic rings. The van der Waals surface area contributed by atoms with Gasteiger partial charge in [0.15, 0.2) is 0 Å². The maximum atomic E-state index is 15.5. The first-order chi connectivity index (χ1) is 27.4. The topological polar surface area (TPSA) is 175 Å². The Morgan fingerprint density at radius 3 is 1.70 bits per heavy atom. The molecule has 0 aliphatic carbocycles. The molecule has 4 amide bonds. The maximum absolute atomic E-state index is 15.5. The molecular formula is C42H49FN8O6. The molecule has 2 saturated heterocycles. The number of H-pyrrole nitrogens is 2. The summed E-state index contributed by atoms with van der Waals surface area (Å²) in [6.45, 7) is 8.55. The second-order valence-electron chi connectivity index (χ2n) is 15.0. The Kier molecular flexibility index (Phi) is 12.6. The van der Waals surface area contributed by atoms with Gasteiger partial charge < -0.3 is 39.9 Å². The highest BCUT2D eigenvalue weighted by Crippen LogP contribution is 2.34. The number of nitrogens with zero attached hydrogens (tertiary/aromatic N) is 4. The van der Waals surface area contributed by atoms with Crippen LogP contribution in [0.4, 0.5) is 14.0 Å². The fraction of sp³-hybridized carbons (Fsp3) is 0.429. The van der Waals surface area contributed by atoms with E-state index in [1.165, 1.54) is 20.3 Å². The summed E-state index contributed by atoms with van der Waals surface area (Å²) in [5, 5.41) is 5.31. The summed E-state index contributed by atoms with van der Waals surface area (Å²) in [4.78, 5) is 70.0. The summed E-state index contributed by atoms with van der Waals surface area (Å²) >= 11 is 0. The number of amides is 4. The third-order valence-electron chi connectivity index (χ3n) is 10.5. The molecule has 4 N–H and O–H groups in total. The van der Waals surface area contributed by atoms with Crippen LogP contribution < -0.4 is 10.6 Å². The lowest BCUT2D eigenvalue weighted by molar-refractivity contribution is -0.136. The highest BCUT2D eigenvalue weighted by Gasteiger charge is 2.39.